The Hall–Kier alpha value is -2.00. The van der Waals surface area contributed by atoms with E-state index in [1.165, 1.54) is 5.56 Å². The molecule has 0 aliphatic rings. The van der Waals surface area contributed by atoms with Crippen LogP contribution in [0.4, 0.5) is 0 Å². The lowest BCUT2D eigenvalue weighted by molar-refractivity contribution is 0.340. The van der Waals surface area contributed by atoms with Crippen LogP contribution in [0.2, 0.25) is 0 Å². The van der Waals surface area contributed by atoms with E-state index in [2.05, 4.69) is 19.9 Å². The maximum atomic E-state index is 6.41. The summed E-state index contributed by atoms with van der Waals surface area (Å²) in [5.74, 6) is 1.73. The van der Waals surface area contributed by atoms with Gasteiger partial charge in [0, 0.05) is 5.56 Å². The van der Waals surface area contributed by atoms with Crippen molar-refractivity contribution in [3.8, 4) is 11.5 Å². The van der Waals surface area contributed by atoms with Gasteiger partial charge in [0.2, 0.25) is 0 Å². The lowest BCUT2D eigenvalue weighted by Crippen LogP contribution is -2.14. The topological polar surface area (TPSA) is 44.5 Å². The van der Waals surface area contributed by atoms with Crippen LogP contribution in [0.15, 0.2) is 36.4 Å². The highest BCUT2D eigenvalue weighted by molar-refractivity contribution is 5.49. The Morgan fingerprint density at radius 3 is 2.29 bits per heavy atom. The molecule has 0 amide bonds. The zero-order valence-electron chi connectivity index (χ0n) is 13.1. The van der Waals surface area contributed by atoms with Crippen LogP contribution >= 0.6 is 0 Å². The number of hydrogen-bond donors (Lipinski definition) is 1. The first kappa shape index (κ1) is 15.4. The van der Waals surface area contributed by atoms with E-state index in [1.807, 2.05) is 37.3 Å². The molecule has 0 spiro atoms. The van der Waals surface area contributed by atoms with Crippen molar-refractivity contribution in [2.75, 3.05) is 13.7 Å². The highest BCUT2D eigenvalue weighted by Crippen LogP contribution is 2.33. The first-order chi connectivity index (χ1) is 10.1. The average Bonchev–Trinajstić information content (AvgIpc) is 2.50. The number of aryl methyl sites for hydroxylation is 1. The van der Waals surface area contributed by atoms with Crippen LogP contribution in [-0.2, 0) is 0 Å². The molecule has 3 nitrogen and oxygen atoms in total. The monoisotopic (exact) mass is 285 g/mol. The third-order valence-electron chi connectivity index (χ3n) is 3.80. The third kappa shape index (κ3) is 3.19. The molecule has 0 saturated heterocycles. The van der Waals surface area contributed by atoms with E-state index >= 15 is 0 Å². The van der Waals surface area contributed by atoms with E-state index in [-0.39, 0.29) is 6.04 Å². The molecule has 0 heterocycles. The number of hydrogen-bond acceptors (Lipinski definition) is 3. The van der Waals surface area contributed by atoms with Crippen molar-refractivity contribution in [2.24, 2.45) is 5.73 Å². The smallest absolute Gasteiger partial charge is 0.127 e. The van der Waals surface area contributed by atoms with Crippen LogP contribution in [0, 0.1) is 13.8 Å². The normalized spacial score (nSPS) is 12.0. The summed E-state index contributed by atoms with van der Waals surface area (Å²) in [6, 6.07) is 11.8. The molecule has 0 aromatic heterocycles. The predicted octanol–water partition coefficient (Wildman–Crippen LogP) is 3.76. The first-order valence-corrected chi connectivity index (χ1v) is 7.21. The molecule has 1 unspecified atom stereocenters. The van der Waals surface area contributed by atoms with Crippen molar-refractivity contribution in [1.29, 1.82) is 0 Å². The molecule has 2 aromatic rings. The summed E-state index contributed by atoms with van der Waals surface area (Å²) in [6.45, 7) is 6.77. The SMILES string of the molecule is CCOc1ccc(C(N)c2ccc(C)c(C)c2OC)cc1. The molecule has 2 aromatic carbocycles. The zero-order chi connectivity index (χ0) is 15.4. The lowest BCUT2D eigenvalue weighted by atomic mass is 9.95. The van der Waals surface area contributed by atoms with Gasteiger partial charge in [-0.2, -0.15) is 0 Å². The Balaban J connectivity index is 2.35. The minimum absolute atomic E-state index is 0.213. The van der Waals surface area contributed by atoms with E-state index in [4.69, 9.17) is 15.2 Å². The van der Waals surface area contributed by atoms with Gasteiger partial charge in [0.15, 0.2) is 0 Å². The number of ether oxygens (including phenoxy) is 2. The van der Waals surface area contributed by atoms with Gasteiger partial charge in [0.1, 0.15) is 11.5 Å². The summed E-state index contributed by atoms with van der Waals surface area (Å²) < 4.78 is 11.0. The molecule has 0 fully saturated rings. The maximum Gasteiger partial charge on any atom is 0.127 e. The van der Waals surface area contributed by atoms with E-state index in [9.17, 15) is 0 Å². The van der Waals surface area contributed by atoms with Crippen LogP contribution in [-0.4, -0.2) is 13.7 Å². The second-order valence-electron chi connectivity index (χ2n) is 5.11. The molecule has 2 N–H and O–H groups in total. The number of nitrogens with two attached hydrogens (primary N) is 1. The third-order valence-corrected chi connectivity index (χ3v) is 3.80. The highest BCUT2D eigenvalue weighted by Gasteiger charge is 2.16. The van der Waals surface area contributed by atoms with Crippen molar-refractivity contribution in [2.45, 2.75) is 26.8 Å². The van der Waals surface area contributed by atoms with Gasteiger partial charge in [-0.1, -0.05) is 24.3 Å². The van der Waals surface area contributed by atoms with Gasteiger partial charge in [-0.25, -0.2) is 0 Å². The van der Waals surface area contributed by atoms with Crippen LogP contribution in [0.25, 0.3) is 0 Å². The van der Waals surface area contributed by atoms with Crippen LogP contribution in [0.5, 0.6) is 11.5 Å². The van der Waals surface area contributed by atoms with Gasteiger partial charge in [0.25, 0.3) is 0 Å². The quantitative estimate of drug-likeness (QED) is 0.909. The molecule has 0 saturated carbocycles. The van der Waals surface area contributed by atoms with Crippen molar-refractivity contribution >= 4 is 0 Å². The number of benzene rings is 2. The van der Waals surface area contributed by atoms with Gasteiger partial charge < -0.3 is 15.2 Å². The largest absolute Gasteiger partial charge is 0.496 e. The van der Waals surface area contributed by atoms with E-state index < -0.39 is 0 Å². The van der Waals surface area contributed by atoms with E-state index in [1.54, 1.807) is 7.11 Å². The maximum absolute atomic E-state index is 6.41. The zero-order valence-corrected chi connectivity index (χ0v) is 13.1. The molecular formula is C18H23NO2. The van der Waals surface area contributed by atoms with Crippen LogP contribution in [0.3, 0.4) is 0 Å². The Labute approximate surface area is 126 Å². The summed E-state index contributed by atoms with van der Waals surface area (Å²) in [4.78, 5) is 0. The van der Waals surface area contributed by atoms with Crippen LogP contribution in [0.1, 0.15) is 35.2 Å². The standard InChI is InChI=1S/C18H23NO2/c1-5-21-15-9-7-14(8-10-15)17(19)16-11-6-12(2)13(3)18(16)20-4/h6-11,17H,5,19H2,1-4H3. The molecule has 0 aliphatic carbocycles. The van der Waals surface area contributed by atoms with Crippen molar-refractivity contribution < 1.29 is 9.47 Å². The Morgan fingerprint density at radius 2 is 1.71 bits per heavy atom. The Bertz CT molecular complexity index is 605. The van der Waals surface area contributed by atoms with Gasteiger partial charge in [-0.05, 0) is 49.6 Å². The second-order valence-corrected chi connectivity index (χ2v) is 5.11. The Kier molecular flexibility index (Phi) is 4.86. The van der Waals surface area contributed by atoms with Gasteiger partial charge >= 0.3 is 0 Å². The van der Waals surface area contributed by atoms with Gasteiger partial charge in [-0.3, -0.25) is 0 Å². The van der Waals surface area contributed by atoms with E-state index in [0.29, 0.717) is 6.61 Å². The summed E-state index contributed by atoms with van der Waals surface area (Å²) in [5, 5.41) is 0. The van der Waals surface area contributed by atoms with Crippen molar-refractivity contribution in [1.82, 2.24) is 0 Å². The fourth-order valence-corrected chi connectivity index (χ4v) is 2.44. The second kappa shape index (κ2) is 6.64. The average molecular weight is 285 g/mol. The molecular weight excluding hydrogens is 262 g/mol. The molecule has 0 radical (unpaired) electrons. The Morgan fingerprint density at radius 1 is 1.05 bits per heavy atom. The van der Waals surface area contributed by atoms with Crippen LogP contribution < -0.4 is 15.2 Å². The van der Waals surface area contributed by atoms with Crippen molar-refractivity contribution in [3.63, 3.8) is 0 Å². The summed E-state index contributed by atoms with van der Waals surface area (Å²) >= 11 is 0. The van der Waals surface area contributed by atoms with Gasteiger partial charge in [-0.15, -0.1) is 0 Å². The molecule has 1 atom stereocenters. The molecule has 0 aliphatic heterocycles. The molecule has 0 bridgehead atoms. The fourth-order valence-electron chi connectivity index (χ4n) is 2.44. The highest BCUT2D eigenvalue weighted by atomic mass is 16.5. The molecule has 21 heavy (non-hydrogen) atoms. The van der Waals surface area contributed by atoms with E-state index in [0.717, 1.165) is 28.2 Å². The first-order valence-electron chi connectivity index (χ1n) is 7.21. The molecule has 2 rings (SSSR count). The molecule has 3 heteroatoms. The molecule has 112 valence electrons. The van der Waals surface area contributed by atoms with Gasteiger partial charge in [0.05, 0.1) is 19.8 Å². The predicted molar refractivity (Wildman–Crippen MR) is 86.1 cm³/mol. The fraction of sp³-hybridized carbons (Fsp3) is 0.333. The lowest BCUT2D eigenvalue weighted by Gasteiger charge is -2.19. The number of methoxy groups -OCH3 is 1. The number of rotatable bonds is 5. The summed E-state index contributed by atoms with van der Waals surface area (Å²) in [6.07, 6.45) is 0. The summed E-state index contributed by atoms with van der Waals surface area (Å²) in [7, 11) is 1.69. The minimum Gasteiger partial charge on any atom is -0.496 e. The minimum atomic E-state index is -0.213. The van der Waals surface area contributed by atoms with Crippen molar-refractivity contribution in [3.05, 3.63) is 58.7 Å². The summed E-state index contributed by atoms with van der Waals surface area (Å²) in [5.41, 5.74) is 10.8.